The lowest BCUT2D eigenvalue weighted by atomic mass is 10.1. The molecule has 0 aliphatic rings. The molecule has 0 saturated heterocycles. The number of carbonyl (C=O) groups is 2. The van der Waals surface area contributed by atoms with Crippen molar-refractivity contribution in [2.24, 2.45) is 0 Å². The minimum Gasteiger partial charge on any atom is -0.493 e. The van der Waals surface area contributed by atoms with E-state index in [2.05, 4.69) is 5.32 Å². The lowest BCUT2D eigenvalue weighted by Crippen LogP contribution is -2.47. The van der Waals surface area contributed by atoms with Crippen LogP contribution in [0.3, 0.4) is 0 Å². The van der Waals surface area contributed by atoms with Crippen molar-refractivity contribution in [2.45, 2.75) is 39.3 Å². The first-order valence-corrected chi connectivity index (χ1v) is 10.3. The fourth-order valence-corrected chi connectivity index (χ4v) is 3.38. The van der Waals surface area contributed by atoms with E-state index < -0.39 is 6.04 Å². The van der Waals surface area contributed by atoms with Crippen molar-refractivity contribution in [1.29, 1.82) is 0 Å². The number of likely N-dealkylation sites (N-methyl/N-ethyl adjacent to an activating group) is 1. The summed E-state index contributed by atoms with van der Waals surface area (Å²) in [5, 5.41) is 3.38. The van der Waals surface area contributed by atoms with Crippen molar-refractivity contribution in [2.75, 3.05) is 20.8 Å². The smallest absolute Gasteiger partial charge is 0.242 e. The average Bonchev–Trinajstić information content (AvgIpc) is 2.75. The van der Waals surface area contributed by atoms with Gasteiger partial charge in [0.25, 0.3) is 0 Å². The number of aryl methyl sites for hydroxylation is 1. The molecule has 0 aliphatic carbocycles. The molecule has 1 atom stereocenters. The largest absolute Gasteiger partial charge is 0.493 e. The zero-order chi connectivity index (χ0) is 22.1. The molecule has 0 bridgehead atoms. The van der Waals surface area contributed by atoms with E-state index >= 15 is 0 Å². The molecule has 2 aromatic rings. The molecule has 0 heterocycles. The Morgan fingerprint density at radius 1 is 1.07 bits per heavy atom. The van der Waals surface area contributed by atoms with Crippen molar-refractivity contribution < 1.29 is 19.1 Å². The molecule has 6 nitrogen and oxygen atoms in total. The fourth-order valence-electron chi connectivity index (χ4n) is 3.17. The van der Waals surface area contributed by atoms with Crippen molar-refractivity contribution in [3.8, 4) is 11.5 Å². The van der Waals surface area contributed by atoms with Gasteiger partial charge in [0.2, 0.25) is 11.8 Å². The first-order chi connectivity index (χ1) is 14.4. The van der Waals surface area contributed by atoms with Crippen LogP contribution in [0.15, 0.2) is 42.5 Å². The number of amides is 2. The molecule has 0 unspecified atom stereocenters. The number of hydrogen-bond donors (Lipinski definition) is 1. The molecule has 162 valence electrons. The second kappa shape index (κ2) is 11.5. The molecule has 0 saturated carbocycles. The van der Waals surface area contributed by atoms with Crippen LogP contribution in [0.5, 0.6) is 11.5 Å². The number of rotatable bonds is 10. The highest BCUT2D eigenvalue weighted by Gasteiger charge is 2.25. The van der Waals surface area contributed by atoms with Crippen LogP contribution in [0, 0.1) is 0 Å². The predicted octanol–water partition coefficient (Wildman–Crippen LogP) is 3.84. The molecule has 30 heavy (non-hydrogen) atoms. The number of nitrogens with one attached hydrogen (secondary N) is 1. The molecular weight excluding hydrogens is 404 g/mol. The monoisotopic (exact) mass is 432 g/mol. The molecule has 7 heteroatoms. The summed E-state index contributed by atoms with van der Waals surface area (Å²) in [7, 11) is 3.16. The number of nitrogens with zero attached hydrogens (tertiary/aromatic N) is 1. The summed E-state index contributed by atoms with van der Waals surface area (Å²) in [4.78, 5) is 27.1. The summed E-state index contributed by atoms with van der Waals surface area (Å²) < 4.78 is 10.6. The minimum absolute atomic E-state index is 0.108. The number of carbonyl (C=O) groups excluding carboxylic acids is 2. The van der Waals surface area contributed by atoms with E-state index in [4.69, 9.17) is 21.1 Å². The Balaban J connectivity index is 2.16. The van der Waals surface area contributed by atoms with E-state index in [9.17, 15) is 9.59 Å². The van der Waals surface area contributed by atoms with Crippen LogP contribution in [0.4, 0.5) is 0 Å². The summed E-state index contributed by atoms with van der Waals surface area (Å²) in [6, 6.07) is 12.3. The Labute approximate surface area is 183 Å². The Kier molecular flexibility index (Phi) is 8.99. The van der Waals surface area contributed by atoms with Gasteiger partial charge in [-0.15, -0.1) is 0 Å². The van der Waals surface area contributed by atoms with Gasteiger partial charge in [0, 0.05) is 24.5 Å². The fraction of sp³-hybridized carbons (Fsp3) is 0.391. The Bertz CT molecular complexity index is 872. The maximum absolute atomic E-state index is 13.1. The summed E-state index contributed by atoms with van der Waals surface area (Å²) in [6.07, 6.45) is 0.785. The topological polar surface area (TPSA) is 67.9 Å². The quantitative estimate of drug-likeness (QED) is 0.619. The van der Waals surface area contributed by atoms with E-state index in [1.54, 1.807) is 38.2 Å². The zero-order valence-corrected chi connectivity index (χ0v) is 18.7. The van der Waals surface area contributed by atoms with Gasteiger partial charge in [-0.25, -0.2) is 0 Å². The van der Waals surface area contributed by atoms with E-state index in [-0.39, 0.29) is 18.2 Å². The van der Waals surface area contributed by atoms with Gasteiger partial charge in [0.1, 0.15) is 6.04 Å². The second-order valence-electron chi connectivity index (χ2n) is 6.91. The maximum atomic E-state index is 13.1. The van der Waals surface area contributed by atoms with Crippen LogP contribution in [0.1, 0.15) is 31.4 Å². The molecule has 0 radical (unpaired) electrons. The Morgan fingerprint density at radius 2 is 1.80 bits per heavy atom. The third-order valence-electron chi connectivity index (χ3n) is 4.84. The van der Waals surface area contributed by atoms with Crippen LogP contribution in [0.2, 0.25) is 5.02 Å². The minimum atomic E-state index is -0.596. The molecule has 0 fully saturated rings. The van der Waals surface area contributed by atoms with Crippen molar-refractivity contribution >= 4 is 23.4 Å². The van der Waals surface area contributed by atoms with Crippen LogP contribution >= 0.6 is 11.6 Å². The second-order valence-corrected chi connectivity index (χ2v) is 7.35. The molecular formula is C23H29ClN2O4. The molecule has 2 amide bonds. The summed E-state index contributed by atoms with van der Waals surface area (Å²) in [5.41, 5.74) is 1.83. The summed E-state index contributed by atoms with van der Waals surface area (Å²) in [6.45, 7) is 4.41. The first kappa shape index (κ1) is 23.5. The van der Waals surface area contributed by atoms with Crippen LogP contribution < -0.4 is 14.8 Å². The van der Waals surface area contributed by atoms with E-state index in [1.165, 1.54) is 0 Å². The number of benzene rings is 2. The SMILES string of the molecule is CCNC(=O)[C@H](C)N(Cc1cccc(Cl)c1)C(=O)CCc1ccc(OC)c(OC)c1. The van der Waals surface area contributed by atoms with Gasteiger partial charge in [-0.2, -0.15) is 0 Å². The lowest BCUT2D eigenvalue weighted by Gasteiger charge is -2.29. The highest BCUT2D eigenvalue weighted by molar-refractivity contribution is 6.30. The highest BCUT2D eigenvalue weighted by Crippen LogP contribution is 2.28. The van der Waals surface area contributed by atoms with Crippen molar-refractivity contribution in [3.05, 3.63) is 58.6 Å². The molecule has 0 aliphatic heterocycles. The molecule has 2 aromatic carbocycles. The van der Waals surface area contributed by atoms with Crippen LogP contribution in [0.25, 0.3) is 0 Å². The highest BCUT2D eigenvalue weighted by atomic mass is 35.5. The molecule has 0 aromatic heterocycles. The number of methoxy groups -OCH3 is 2. The van der Waals surface area contributed by atoms with Gasteiger partial charge in [-0.1, -0.05) is 29.8 Å². The molecule has 1 N–H and O–H groups in total. The van der Waals surface area contributed by atoms with Gasteiger partial charge in [-0.3, -0.25) is 9.59 Å². The Hall–Kier alpha value is -2.73. The van der Waals surface area contributed by atoms with Gasteiger partial charge in [-0.05, 0) is 55.7 Å². The van der Waals surface area contributed by atoms with Crippen LogP contribution in [-0.2, 0) is 22.6 Å². The standard InChI is InChI=1S/C23H29ClN2O4/c1-5-25-23(28)16(2)26(15-18-7-6-8-19(24)13-18)22(27)12-10-17-9-11-20(29-3)21(14-17)30-4/h6-9,11,13-14,16H,5,10,12,15H2,1-4H3,(H,25,28)/t16-/m0/s1. The first-order valence-electron chi connectivity index (χ1n) is 9.92. The lowest BCUT2D eigenvalue weighted by molar-refractivity contribution is -0.140. The van der Waals surface area contributed by atoms with E-state index in [0.29, 0.717) is 36.0 Å². The van der Waals surface area contributed by atoms with Crippen molar-refractivity contribution in [1.82, 2.24) is 10.2 Å². The van der Waals surface area contributed by atoms with E-state index in [1.807, 2.05) is 37.3 Å². The maximum Gasteiger partial charge on any atom is 0.242 e. The Morgan fingerprint density at radius 3 is 2.43 bits per heavy atom. The van der Waals surface area contributed by atoms with Crippen LogP contribution in [-0.4, -0.2) is 43.5 Å². The number of hydrogen-bond acceptors (Lipinski definition) is 4. The summed E-state index contributed by atoms with van der Waals surface area (Å²) >= 11 is 6.09. The predicted molar refractivity (Wildman–Crippen MR) is 118 cm³/mol. The molecule has 2 rings (SSSR count). The van der Waals surface area contributed by atoms with Crippen molar-refractivity contribution in [3.63, 3.8) is 0 Å². The zero-order valence-electron chi connectivity index (χ0n) is 17.9. The third-order valence-corrected chi connectivity index (χ3v) is 5.07. The summed E-state index contributed by atoms with van der Waals surface area (Å²) in [5.74, 6) is 0.969. The average molecular weight is 433 g/mol. The normalized spacial score (nSPS) is 11.5. The molecule has 0 spiro atoms. The van der Waals surface area contributed by atoms with Gasteiger partial charge in [0.05, 0.1) is 14.2 Å². The third kappa shape index (κ3) is 6.39. The van der Waals surface area contributed by atoms with E-state index in [0.717, 1.165) is 11.1 Å². The number of halogens is 1. The van der Waals surface area contributed by atoms with Gasteiger partial charge < -0.3 is 19.7 Å². The number of ether oxygens (including phenoxy) is 2. The van der Waals surface area contributed by atoms with Gasteiger partial charge >= 0.3 is 0 Å². The van der Waals surface area contributed by atoms with Gasteiger partial charge in [0.15, 0.2) is 11.5 Å².